The summed E-state index contributed by atoms with van der Waals surface area (Å²) in [6, 6.07) is 4.25. The van der Waals surface area contributed by atoms with Gasteiger partial charge in [0.25, 0.3) is 0 Å². The number of nitrogens with one attached hydrogen (secondary N) is 2. The number of nitrogens with two attached hydrogens (primary N) is 1. The lowest BCUT2D eigenvalue weighted by atomic mass is 10.00. The van der Waals surface area contributed by atoms with E-state index in [1.807, 2.05) is 6.92 Å². The van der Waals surface area contributed by atoms with Crippen LogP contribution in [-0.2, 0) is 35.1 Å². The van der Waals surface area contributed by atoms with Crippen LogP contribution in [0.1, 0.15) is 64.6 Å². The molecular weight excluding hydrogens is 496 g/mol. The van der Waals surface area contributed by atoms with Crippen molar-refractivity contribution in [1.82, 2.24) is 15.5 Å². The van der Waals surface area contributed by atoms with E-state index in [1.54, 1.807) is 52.0 Å². The molecule has 0 saturated carbocycles. The van der Waals surface area contributed by atoms with Crippen LogP contribution < -0.4 is 16.4 Å². The Morgan fingerprint density at radius 3 is 2.21 bits per heavy atom. The van der Waals surface area contributed by atoms with Gasteiger partial charge in [-0.25, -0.2) is 4.79 Å². The van der Waals surface area contributed by atoms with Crippen LogP contribution in [0.15, 0.2) is 24.3 Å². The van der Waals surface area contributed by atoms with Crippen molar-refractivity contribution in [2.24, 2.45) is 5.73 Å². The lowest BCUT2D eigenvalue weighted by molar-refractivity contribution is -0.145. The van der Waals surface area contributed by atoms with Gasteiger partial charge in [-0.2, -0.15) is 0 Å². The smallest absolute Gasteiger partial charge is 0.408 e. The highest BCUT2D eigenvalue weighted by atomic mass is 16.6. The summed E-state index contributed by atoms with van der Waals surface area (Å²) in [6.07, 6.45) is -0.856. The van der Waals surface area contributed by atoms with Crippen molar-refractivity contribution in [2.45, 2.75) is 71.6 Å². The number of alkyl carbamates (subject to hydrolysis) is 1. The molecule has 1 rings (SSSR count). The molecule has 0 saturated heterocycles. The van der Waals surface area contributed by atoms with Gasteiger partial charge in [-0.1, -0.05) is 31.2 Å². The monoisotopic (exact) mass is 536 g/mol. The van der Waals surface area contributed by atoms with Crippen LogP contribution in [0.25, 0.3) is 0 Å². The first-order chi connectivity index (χ1) is 17.8. The maximum Gasteiger partial charge on any atom is 0.408 e. The quantitative estimate of drug-likeness (QED) is 0.254. The third kappa shape index (κ3) is 11.2. The molecular formula is C26H40N4O8. The lowest BCUT2D eigenvalue weighted by Gasteiger charge is -2.34. The third-order valence-electron chi connectivity index (χ3n) is 5.22. The molecule has 0 radical (unpaired) electrons. The average molecular weight is 537 g/mol. The molecule has 5 N–H and O–H groups in total. The van der Waals surface area contributed by atoms with Gasteiger partial charge in [0, 0.05) is 13.1 Å². The second kappa shape index (κ2) is 15.6. The minimum atomic E-state index is -1.46. The number of esters is 1. The Hall–Kier alpha value is -3.67. The zero-order chi connectivity index (χ0) is 28.9. The van der Waals surface area contributed by atoms with E-state index in [4.69, 9.17) is 15.2 Å². The molecule has 1 aromatic rings. The Bertz CT molecular complexity index is 959. The fourth-order valence-corrected chi connectivity index (χ4v) is 3.55. The van der Waals surface area contributed by atoms with E-state index in [-0.39, 0.29) is 26.1 Å². The number of nitrogens with zero attached hydrogens (tertiary/aromatic N) is 1. The number of rotatable bonds is 14. The van der Waals surface area contributed by atoms with Gasteiger partial charge in [0.05, 0.1) is 26.1 Å². The van der Waals surface area contributed by atoms with Crippen molar-refractivity contribution >= 4 is 29.8 Å². The molecule has 12 heteroatoms. The van der Waals surface area contributed by atoms with Crippen molar-refractivity contribution in [3.8, 4) is 0 Å². The summed E-state index contributed by atoms with van der Waals surface area (Å²) >= 11 is 0. The maximum atomic E-state index is 13.7. The topological polar surface area (TPSA) is 177 Å². The van der Waals surface area contributed by atoms with Crippen LogP contribution in [0.4, 0.5) is 4.79 Å². The first kappa shape index (κ1) is 32.4. The first-order valence-corrected chi connectivity index (χ1v) is 12.5. The highest BCUT2D eigenvalue weighted by Gasteiger charge is 2.36. The summed E-state index contributed by atoms with van der Waals surface area (Å²) in [5.41, 5.74) is 5.87. The molecule has 38 heavy (non-hydrogen) atoms. The summed E-state index contributed by atoms with van der Waals surface area (Å²) in [4.78, 5) is 64.0. The maximum absolute atomic E-state index is 13.7. The fraction of sp³-hybridized carbons (Fsp3) is 0.577. The van der Waals surface area contributed by atoms with Crippen molar-refractivity contribution in [3.63, 3.8) is 0 Å². The number of amides is 4. The van der Waals surface area contributed by atoms with Crippen LogP contribution in [0.5, 0.6) is 0 Å². The number of aryl methyl sites for hydroxylation is 1. The predicted octanol–water partition coefficient (Wildman–Crippen LogP) is 0.949. The molecule has 0 heterocycles. The minimum absolute atomic E-state index is 0.0523. The molecule has 12 nitrogen and oxygen atoms in total. The molecule has 4 amide bonds. The molecule has 0 aromatic heterocycles. The van der Waals surface area contributed by atoms with Gasteiger partial charge < -0.3 is 35.8 Å². The standard InChI is InChI=1S/C26H40N4O8/c1-6-17-8-10-18(11-9-17)22(23(34)28-13-12-21(33)37-7-2)30(14-15-31)24(35)19(16-20(27)32)29-25(36)38-26(3,4)5/h8-11,19,22,31H,6-7,12-16H2,1-5H3,(H2,27,32)(H,28,34)(H,29,36). The van der Waals surface area contributed by atoms with E-state index in [0.29, 0.717) is 5.56 Å². The lowest BCUT2D eigenvalue weighted by Crippen LogP contribution is -2.54. The predicted molar refractivity (Wildman–Crippen MR) is 139 cm³/mol. The Labute approximate surface area is 223 Å². The van der Waals surface area contributed by atoms with E-state index in [2.05, 4.69) is 10.6 Å². The van der Waals surface area contributed by atoms with Gasteiger partial charge >= 0.3 is 12.1 Å². The number of hydrogen-bond donors (Lipinski definition) is 4. The number of benzene rings is 1. The van der Waals surface area contributed by atoms with Crippen LogP contribution in [0.2, 0.25) is 0 Å². The number of primary amides is 1. The van der Waals surface area contributed by atoms with E-state index in [9.17, 15) is 29.1 Å². The average Bonchev–Trinajstić information content (AvgIpc) is 2.82. The molecule has 2 atom stereocenters. The number of hydrogen-bond acceptors (Lipinski definition) is 8. The van der Waals surface area contributed by atoms with Crippen molar-refractivity contribution < 1.29 is 38.6 Å². The zero-order valence-electron chi connectivity index (χ0n) is 22.7. The molecule has 2 unspecified atom stereocenters. The van der Waals surface area contributed by atoms with Gasteiger partial charge in [0.1, 0.15) is 17.7 Å². The number of carbonyl (C=O) groups is 5. The van der Waals surface area contributed by atoms with Gasteiger partial charge in [0.2, 0.25) is 17.7 Å². The number of aliphatic hydroxyl groups is 1. The number of ether oxygens (including phenoxy) is 2. The Kier molecular flexibility index (Phi) is 13.2. The van der Waals surface area contributed by atoms with E-state index >= 15 is 0 Å². The Balaban J connectivity index is 3.37. The molecule has 0 aliphatic heterocycles. The van der Waals surface area contributed by atoms with Crippen LogP contribution in [0.3, 0.4) is 0 Å². The summed E-state index contributed by atoms with van der Waals surface area (Å²) < 4.78 is 10.1. The van der Waals surface area contributed by atoms with Crippen LogP contribution in [-0.4, -0.2) is 77.7 Å². The van der Waals surface area contributed by atoms with Gasteiger partial charge in [-0.05, 0) is 45.2 Å². The highest BCUT2D eigenvalue weighted by Crippen LogP contribution is 2.24. The second-order valence-corrected chi connectivity index (χ2v) is 9.47. The summed E-state index contributed by atoms with van der Waals surface area (Å²) in [5.74, 6) is -2.82. The molecule has 0 spiro atoms. The Morgan fingerprint density at radius 1 is 1.08 bits per heavy atom. The van der Waals surface area contributed by atoms with E-state index < -0.39 is 60.5 Å². The minimum Gasteiger partial charge on any atom is -0.466 e. The number of aliphatic hydroxyl groups excluding tert-OH is 1. The van der Waals surface area contributed by atoms with E-state index in [0.717, 1.165) is 16.9 Å². The van der Waals surface area contributed by atoms with Gasteiger partial charge in [-0.3, -0.25) is 19.2 Å². The van der Waals surface area contributed by atoms with Crippen molar-refractivity contribution in [3.05, 3.63) is 35.4 Å². The zero-order valence-corrected chi connectivity index (χ0v) is 22.7. The molecule has 0 aliphatic rings. The van der Waals surface area contributed by atoms with Gasteiger partial charge in [0.15, 0.2) is 0 Å². The largest absolute Gasteiger partial charge is 0.466 e. The second-order valence-electron chi connectivity index (χ2n) is 9.47. The molecule has 0 aliphatic carbocycles. The highest BCUT2D eigenvalue weighted by molar-refractivity contribution is 5.94. The Morgan fingerprint density at radius 2 is 1.71 bits per heavy atom. The molecule has 0 bridgehead atoms. The molecule has 1 aromatic carbocycles. The van der Waals surface area contributed by atoms with Crippen molar-refractivity contribution in [2.75, 3.05) is 26.3 Å². The summed E-state index contributed by atoms with van der Waals surface area (Å²) in [5, 5.41) is 14.7. The van der Waals surface area contributed by atoms with Gasteiger partial charge in [-0.15, -0.1) is 0 Å². The SMILES string of the molecule is CCOC(=O)CCNC(=O)C(c1ccc(CC)cc1)N(CCO)C(=O)C(CC(N)=O)NC(=O)OC(C)(C)C. The third-order valence-corrected chi connectivity index (χ3v) is 5.22. The van der Waals surface area contributed by atoms with E-state index in [1.165, 1.54) is 0 Å². The number of carbonyl (C=O) groups excluding carboxylic acids is 5. The summed E-state index contributed by atoms with van der Waals surface area (Å²) in [6.45, 7) is 7.86. The summed E-state index contributed by atoms with van der Waals surface area (Å²) in [7, 11) is 0. The van der Waals surface area contributed by atoms with Crippen molar-refractivity contribution in [1.29, 1.82) is 0 Å². The van der Waals surface area contributed by atoms with Crippen LogP contribution >= 0.6 is 0 Å². The molecule has 0 fully saturated rings. The first-order valence-electron chi connectivity index (χ1n) is 12.5. The molecule has 212 valence electrons. The van der Waals surface area contributed by atoms with Crippen LogP contribution in [0, 0.1) is 0 Å². The fourth-order valence-electron chi connectivity index (χ4n) is 3.55. The normalized spacial score (nSPS) is 12.6.